The molecule has 7 N–H and O–H groups in total. The van der Waals surface area contributed by atoms with Crippen molar-refractivity contribution in [1.82, 2.24) is 30.4 Å². The third-order valence-electron chi connectivity index (χ3n) is 3.68. The lowest BCUT2D eigenvalue weighted by atomic mass is 10.3. The van der Waals surface area contributed by atoms with Gasteiger partial charge in [0.05, 0.1) is 17.7 Å². The summed E-state index contributed by atoms with van der Waals surface area (Å²) in [5.41, 5.74) is 13.0. The highest BCUT2D eigenvalue weighted by Crippen LogP contribution is 2.02. The molecule has 12 heteroatoms. The van der Waals surface area contributed by atoms with E-state index in [1.54, 1.807) is 6.33 Å². The van der Waals surface area contributed by atoms with Gasteiger partial charge in [0.2, 0.25) is 11.9 Å². The molecule has 1 aromatic heterocycles. The van der Waals surface area contributed by atoms with E-state index in [0.717, 1.165) is 11.4 Å². The molecule has 1 heterocycles. The number of H-pyrrole nitrogens is 1. The monoisotopic (exact) mass is 374 g/mol. The maximum Gasteiger partial charge on any atom is 0.204 e. The van der Waals surface area contributed by atoms with E-state index in [4.69, 9.17) is 22.0 Å². The van der Waals surface area contributed by atoms with Crippen LogP contribution in [-0.4, -0.2) is 72.0 Å². The van der Waals surface area contributed by atoms with E-state index >= 15 is 0 Å². The van der Waals surface area contributed by atoms with Gasteiger partial charge in [-0.05, 0) is 0 Å². The second kappa shape index (κ2) is 12.1. The summed E-state index contributed by atoms with van der Waals surface area (Å²) in [4.78, 5) is 17.6. The Morgan fingerprint density at radius 2 is 1.59 bits per heavy atom. The first-order chi connectivity index (χ1) is 13.1. The summed E-state index contributed by atoms with van der Waals surface area (Å²) < 4.78 is 0. The average Bonchev–Trinajstić information content (AvgIpc) is 3.14. The molecule has 12 nitrogen and oxygen atoms in total. The quantitative estimate of drug-likeness (QED) is 0.102. The molecule has 0 saturated carbocycles. The van der Waals surface area contributed by atoms with Crippen molar-refractivity contribution < 1.29 is 0 Å². The van der Waals surface area contributed by atoms with Crippen LogP contribution in [-0.2, 0) is 13.1 Å². The maximum absolute atomic E-state index is 9.01. The van der Waals surface area contributed by atoms with Crippen LogP contribution in [0.15, 0.2) is 16.3 Å². The lowest BCUT2D eigenvalue weighted by molar-refractivity contribution is 0.518. The number of hydrogen-bond donors (Lipinski definition) is 5. The zero-order valence-corrected chi connectivity index (χ0v) is 15.6. The minimum atomic E-state index is 0.184. The smallest absolute Gasteiger partial charge is 0.204 e. The standard InChI is InChI=1S/C15H26N12/c1-20-14(18)26(9-16)5-3-22-7-12-13(25-11-24-12)8-23-4-6-27(10-17)15(19)21-2/h11,22-23H,3-8H2,1-2H3,(H2,18,20)(H2,19,21)(H,24,25). The molecule has 1 rings (SSSR count). The highest BCUT2D eigenvalue weighted by atomic mass is 15.3. The normalized spacial score (nSPS) is 11.7. The first-order valence-corrected chi connectivity index (χ1v) is 8.28. The Hall–Kier alpha value is -3.35. The number of nitrogens with two attached hydrogens (primary N) is 2. The molecular formula is C15H26N12. The Labute approximate surface area is 158 Å². The summed E-state index contributed by atoms with van der Waals surface area (Å²) in [5.74, 6) is 0.370. The fraction of sp³-hybridized carbons (Fsp3) is 0.533. The van der Waals surface area contributed by atoms with Crippen molar-refractivity contribution >= 4 is 11.9 Å². The van der Waals surface area contributed by atoms with Gasteiger partial charge in [0.1, 0.15) is 0 Å². The summed E-state index contributed by atoms with van der Waals surface area (Å²) >= 11 is 0. The Balaban J connectivity index is 2.36. The average molecular weight is 374 g/mol. The number of nitrogens with one attached hydrogen (secondary N) is 3. The first-order valence-electron chi connectivity index (χ1n) is 8.28. The lowest BCUT2D eigenvalue weighted by Crippen LogP contribution is -2.38. The number of aromatic amines is 1. The highest BCUT2D eigenvalue weighted by molar-refractivity contribution is 5.79. The summed E-state index contributed by atoms with van der Waals surface area (Å²) in [7, 11) is 3.07. The third kappa shape index (κ3) is 7.19. The molecule has 0 aromatic carbocycles. The van der Waals surface area contributed by atoms with Crippen LogP contribution in [0.25, 0.3) is 0 Å². The number of aliphatic imine (C=N–C) groups is 2. The van der Waals surface area contributed by atoms with E-state index in [0.29, 0.717) is 39.3 Å². The van der Waals surface area contributed by atoms with Gasteiger partial charge in [-0.15, -0.1) is 0 Å². The van der Waals surface area contributed by atoms with Gasteiger partial charge >= 0.3 is 0 Å². The van der Waals surface area contributed by atoms with Gasteiger partial charge in [-0.1, -0.05) is 0 Å². The van der Waals surface area contributed by atoms with Gasteiger partial charge < -0.3 is 27.1 Å². The first kappa shape index (κ1) is 21.7. The van der Waals surface area contributed by atoms with E-state index < -0.39 is 0 Å². The number of guanidine groups is 2. The summed E-state index contributed by atoms with van der Waals surface area (Å²) in [6.07, 6.45) is 5.59. The second-order valence-corrected chi connectivity index (χ2v) is 5.35. The molecule has 27 heavy (non-hydrogen) atoms. The van der Waals surface area contributed by atoms with Crippen molar-refractivity contribution in [3.63, 3.8) is 0 Å². The number of hydrogen-bond acceptors (Lipinski definition) is 7. The molecular weight excluding hydrogens is 348 g/mol. The van der Waals surface area contributed by atoms with Crippen molar-refractivity contribution in [3.8, 4) is 12.4 Å². The molecule has 0 atom stereocenters. The van der Waals surface area contributed by atoms with Crippen LogP contribution in [0.2, 0.25) is 0 Å². The molecule has 146 valence electrons. The molecule has 0 unspecified atom stereocenters. The zero-order valence-electron chi connectivity index (χ0n) is 15.6. The lowest BCUT2D eigenvalue weighted by Gasteiger charge is -2.15. The summed E-state index contributed by atoms with van der Waals surface area (Å²) in [6.45, 7) is 3.06. The van der Waals surface area contributed by atoms with Crippen LogP contribution in [0.4, 0.5) is 0 Å². The highest BCUT2D eigenvalue weighted by Gasteiger charge is 2.09. The van der Waals surface area contributed by atoms with Crippen LogP contribution in [0.3, 0.4) is 0 Å². The predicted octanol–water partition coefficient (Wildman–Crippen LogP) is -1.96. The van der Waals surface area contributed by atoms with E-state index in [1.807, 2.05) is 12.4 Å². The number of imidazole rings is 1. The zero-order chi connectivity index (χ0) is 20.1. The molecule has 1 aromatic rings. The van der Waals surface area contributed by atoms with Gasteiger partial charge in [-0.3, -0.25) is 9.98 Å². The fourth-order valence-electron chi connectivity index (χ4n) is 2.13. The van der Waals surface area contributed by atoms with Gasteiger partial charge in [-0.2, -0.15) is 10.5 Å². The fourth-order valence-corrected chi connectivity index (χ4v) is 2.13. The van der Waals surface area contributed by atoms with Gasteiger partial charge in [0.25, 0.3) is 0 Å². The number of rotatable bonds is 10. The largest absolute Gasteiger partial charge is 0.369 e. The van der Waals surface area contributed by atoms with Gasteiger partial charge in [-0.25, -0.2) is 14.8 Å². The topological polar surface area (TPSA) is 184 Å². The Kier molecular flexibility index (Phi) is 9.70. The SMILES string of the molecule is CN=C(N)N(C#N)CCNCc1nc[nH]c1CNCCN(C#N)C(N)=NC. The van der Waals surface area contributed by atoms with E-state index in [-0.39, 0.29) is 11.9 Å². The molecule has 0 radical (unpaired) electrons. The van der Waals surface area contributed by atoms with Crippen molar-refractivity contribution in [1.29, 1.82) is 10.5 Å². The Morgan fingerprint density at radius 1 is 1.07 bits per heavy atom. The van der Waals surface area contributed by atoms with Crippen LogP contribution in [0, 0.1) is 22.9 Å². The summed E-state index contributed by atoms with van der Waals surface area (Å²) in [6, 6.07) is 0. The van der Waals surface area contributed by atoms with E-state index in [2.05, 4.69) is 30.6 Å². The minimum Gasteiger partial charge on any atom is -0.369 e. The maximum atomic E-state index is 9.01. The van der Waals surface area contributed by atoms with Crippen LogP contribution in [0.5, 0.6) is 0 Å². The van der Waals surface area contributed by atoms with Crippen LogP contribution < -0.4 is 22.1 Å². The molecule has 0 fully saturated rings. The van der Waals surface area contributed by atoms with Gasteiger partial charge in [0, 0.05) is 53.4 Å². The van der Waals surface area contributed by atoms with Crippen LogP contribution >= 0.6 is 0 Å². The third-order valence-corrected chi connectivity index (χ3v) is 3.68. The number of nitriles is 2. The Morgan fingerprint density at radius 3 is 2.07 bits per heavy atom. The van der Waals surface area contributed by atoms with E-state index in [9.17, 15) is 0 Å². The number of nitrogens with zero attached hydrogens (tertiary/aromatic N) is 7. The molecule has 0 bridgehead atoms. The second-order valence-electron chi connectivity index (χ2n) is 5.35. The van der Waals surface area contributed by atoms with Gasteiger partial charge in [0.15, 0.2) is 12.4 Å². The summed E-state index contributed by atoms with van der Waals surface area (Å²) in [5, 5.41) is 24.5. The Bertz CT molecular complexity index is 649. The van der Waals surface area contributed by atoms with Crippen molar-refractivity contribution in [3.05, 3.63) is 17.7 Å². The minimum absolute atomic E-state index is 0.184. The molecule has 0 amide bonds. The predicted molar refractivity (Wildman–Crippen MR) is 102 cm³/mol. The van der Waals surface area contributed by atoms with Crippen molar-refractivity contribution in [2.75, 3.05) is 40.3 Å². The van der Waals surface area contributed by atoms with Crippen LogP contribution in [0.1, 0.15) is 11.4 Å². The van der Waals surface area contributed by atoms with Crippen molar-refractivity contribution in [2.24, 2.45) is 21.5 Å². The molecule has 0 aliphatic heterocycles. The van der Waals surface area contributed by atoms with E-state index in [1.165, 1.54) is 23.9 Å². The number of aromatic nitrogens is 2. The molecule has 0 spiro atoms. The van der Waals surface area contributed by atoms with Crippen molar-refractivity contribution in [2.45, 2.75) is 13.1 Å². The molecule has 0 aliphatic carbocycles. The molecule has 0 saturated heterocycles. The molecule has 0 aliphatic rings.